The van der Waals surface area contributed by atoms with E-state index in [1.165, 1.54) is 0 Å². The van der Waals surface area contributed by atoms with E-state index < -0.39 is 0 Å². The van der Waals surface area contributed by atoms with Gasteiger partial charge in [-0.25, -0.2) is 9.97 Å². The van der Waals surface area contributed by atoms with Gasteiger partial charge in [-0.3, -0.25) is 9.89 Å². The summed E-state index contributed by atoms with van der Waals surface area (Å²) in [6.45, 7) is 4.37. The molecule has 1 aliphatic heterocycles. The monoisotopic (exact) mass is 344 g/mol. The van der Waals surface area contributed by atoms with Crippen molar-refractivity contribution >= 4 is 11.9 Å². The highest BCUT2D eigenvalue weighted by Crippen LogP contribution is 2.30. The normalized spacial score (nSPS) is 19.4. The number of carbonyl (C=O) groups excluding carboxylic acids is 1. The molecule has 8 nitrogen and oxygen atoms in total. The first kappa shape index (κ1) is 17.3. The zero-order chi connectivity index (χ0) is 18.1. The van der Waals surface area contributed by atoms with Crippen molar-refractivity contribution < 1.29 is 9.53 Å². The van der Waals surface area contributed by atoms with Crippen LogP contribution in [0.25, 0.3) is 0 Å². The van der Waals surface area contributed by atoms with Gasteiger partial charge in [0.1, 0.15) is 0 Å². The molecular formula is C17H24N6O2. The standard InChI is InChI=1S/C17H24N6O2/c1-10-8-13-14(11(2)25-10)20-21-15(13)16(24)23(5)9-12-6-7-18-17(19-12)22(3)4/h6-7,10-11H,8-9H2,1-5H3,(H,20,21)/t10-,11+/m1/s1. The third-order valence-electron chi connectivity index (χ3n) is 4.28. The molecule has 0 aliphatic carbocycles. The van der Waals surface area contributed by atoms with E-state index in [4.69, 9.17) is 4.74 Å². The Morgan fingerprint density at radius 2 is 2.12 bits per heavy atom. The van der Waals surface area contributed by atoms with Crippen LogP contribution in [0.15, 0.2) is 12.3 Å². The van der Waals surface area contributed by atoms with Gasteiger partial charge in [0.2, 0.25) is 5.95 Å². The summed E-state index contributed by atoms with van der Waals surface area (Å²) in [4.78, 5) is 25.0. The predicted octanol–water partition coefficient (Wildman–Crippen LogP) is 1.56. The van der Waals surface area contributed by atoms with E-state index in [1.54, 1.807) is 18.1 Å². The fourth-order valence-electron chi connectivity index (χ4n) is 3.03. The van der Waals surface area contributed by atoms with Crippen LogP contribution in [-0.4, -0.2) is 58.2 Å². The SMILES string of the molecule is C[C@@H]1Cc2c(C(=O)N(C)Cc3ccnc(N(C)C)n3)n[nH]c2[C@H](C)O1. The number of fused-ring (bicyclic) bond motifs is 1. The summed E-state index contributed by atoms with van der Waals surface area (Å²) in [6, 6.07) is 1.81. The summed E-state index contributed by atoms with van der Waals surface area (Å²) in [7, 11) is 5.52. The van der Waals surface area contributed by atoms with E-state index >= 15 is 0 Å². The van der Waals surface area contributed by atoms with E-state index in [0.29, 0.717) is 24.6 Å². The van der Waals surface area contributed by atoms with Gasteiger partial charge < -0.3 is 14.5 Å². The molecule has 0 saturated carbocycles. The summed E-state index contributed by atoms with van der Waals surface area (Å²) in [6.07, 6.45) is 2.38. The molecule has 0 spiro atoms. The van der Waals surface area contributed by atoms with Crippen molar-refractivity contribution in [3.8, 4) is 0 Å². The van der Waals surface area contributed by atoms with Gasteiger partial charge in [-0.15, -0.1) is 0 Å². The summed E-state index contributed by atoms with van der Waals surface area (Å²) in [5.41, 5.74) is 3.11. The molecule has 2 aromatic rings. The molecule has 0 fully saturated rings. The zero-order valence-electron chi connectivity index (χ0n) is 15.3. The van der Waals surface area contributed by atoms with Crippen LogP contribution in [-0.2, 0) is 17.7 Å². The van der Waals surface area contributed by atoms with Gasteiger partial charge in [-0.2, -0.15) is 5.10 Å². The number of hydrogen-bond acceptors (Lipinski definition) is 6. The van der Waals surface area contributed by atoms with Gasteiger partial charge in [0, 0.05) is 39.3 Å². The third-order valence-corrected chi connectivity index (χ3v) is 4.28. The summed E-state index contributed by atoms with van der Waals surface area (Å²) in [5, 5.41) is 7.22. The lowest BCUT2D eigenvalue weighted by Gasteiger charge is -2.25. The van der Waals surface area contributed by atoms with Crippen molar-refractivity contribution in [1.82, 2.24) is 25.1 Å². The lowest BCUT2D eigenvalue weighted by molar-refractivity contribution is -0.00701. The van der Waals surface area contributed by atoms with E-state index in [2.05, 4.69) is 20.2 Å². The minimum Gasteiger partial charge on any atom is -0.369 e. The molecule has 1 N–H and O–H groups in total. The Balaban J connectivity index is 1.79. The molecule has 3 heterocycles. The molecule has 25 heavy (non-hydrogen) atoms. The fraction of sp³-hybridized carbons (Fsp3) is 0.529. The fourth-order valence-corrected chi connectivity index (χ4v) is 3.03. The number of amides is 1. The van der Waals surface area contributed by atoms with Crippen LogP contribution in [0.2, 0.25) is 0 Å². The van der Waals surface area contributed by atoms with E-state index in [-0.39, 0.29) is 18.1 Å². The zero-order valence-corrected chi connectivity index (χ0v) is 15.3. The van der Waals surface area contributed by atoms with Crippen molar-refractivity contribution in [2.75, 3.05) is 26.0 Å². The average molecular weight is 344 g/mol. The lowest BCUT2D eigenvalue weighted by atomic mass is 9.99. The molecule has 1 aliphatic rings. The Morgan fingerprint density at radius 3 is 2.84 bits per heavy atom. The Kier molecular flexibility index (Phi) is 4.71. The van der Waals surface area contributed by atoms with Crippen LogP contribution in [0, 0.1) is 0 Å². The Bertz CT molecular complexity index is 772. The van der Waals surface area contributed by atoms with E-state index in [1.807, 2.05) is 38.9 Å². The Morgan fingerprint density at radius 1 is 1.36 bits per heavy atom. The van der Waals surface area contributed by atoms with Crippen LogP contribution < -0.4 is 4.90 Å². The Hall–Kier alpha value is -2.48. The number of aromatic amines is 1. The summed E-state index contributed by atoms with van der Waals surface area (Å²) < 4.78 is 5.78. The second kappa shape index (κ2) is 6.79. The molecule has 0 bridgehead atoms. The second-order valence-corrected chi connectivity index (χ2v) is 6.66. The average Bonchev–Trinajstić information content (AvgIpc) is 2.98. The molecule has 0 radical (unpaired) electrons. The number of hydrogen-bond donors (Lipinski definition) is 1. The van der Waals surface area contributed by atoms with Crippen LogP contribution in [0.1, 0.15) is 47.4 Å². The van der Waals surface area contributed by atoms with Crippen molar-refractivity contribution in [1.29, 1.82) is 0 Å². The molecule has 0 saturated heterocycles. The van der Waals surface area contributed by atoms with Crippen LogP contribution >= 0.6 is 0 Å². The smallest absolute Gasteiger partial charge is 0.274 e. The first-order chi connectivity index (χ1) is 11.9. The van der Waals surface area contributed by atoms with Crippen LogP contribution in [0.5, 0.6) is 0 Å². The van der Waals surface area contributed by atoms with E-state index in [0.717, 1.165) is 17.0 Å². The van der Waals surface area contributed by atoms with E-state index in [9.17, 15) is 4.79 Å². The largest absolute Gasteiger partial charge is 0.369 e. The third kappa shape index (κ3) is 3.48. The number of aromatic nitrogens is 4. The summed E-state index contributed by atoms with van der Waals surface area (Å²) in [5.74, 6) is 0.499. The molecule has 8 heteroatoms. The second-order valence-electron chi connectivity index (χ2n) is 6.66. The lowest BCUT2D eigenvalue weighted by Crippen LogP contribution is -2.30. The number of nitrogens with zero attached hydrogens (tertiary/aromatic N) is 5. The molecule has 134 valence electrons. The number of ether oxygens (including phenoxy) is 1. The maximum Gasteiger partial charge on any atom is 0.274 e. The van der Waals surface area contributed by atoms with Crippen molar-refractivity contribution in [2.24, 2.45) is 0 Å². The number of H-pyrrole nitrogens is 1. The maximum absolute atomic E-state index is 12.9. The first-order valence-corrected chi connectivity index (χ1v) is 8.34. The molecule has 0 unspecified atom stereocenters. The van der Waals surface area contributed by atoms with Gasteiger partial charge in [-0.1, -0.05) is 0 Å². The minimum absolute atomic E-state index is 0.0708. The number of anilines is 1. The molecule has 2 atom stereocenters. The first-order valence-electron chi connectivity index (χ1n) is 8.34. The minimum atomic E-state index is -0.121. The van der Waals surface area contributed by atoms with Gasteiger partial charge in [-0.05, 0) is 19.9 Å². The number of carbonyl (C=O) groups is 1. The quantitative estimate of drug-likeness (QED) is 0.906. The van der Waals surface area contributed by atoms with Gasteiger partial charge in [0.05, 0.1) is 30.1 Å². The van der Waals surface area contributed by atoms with Crippen molar-refractivity contribution in [3.63, 3.8) is 0 Å². The molecule has 0 aromatic carbocycles. The molecular weight excluding hydrogens is 320 g/mol. The number of rotatable bonds is 4. The highest BCUT2D eigenvalue weighted by Gasteiger charge is 2.30. The highest BCUT2D eigenvalue weighted by atomic mass is 16.5. The molecule has 3 rings (SSSR count). The van der Waals surface area contributed by atoms with Crippen molar-refractivity contribution in [2.45, 2.75) is 39.0 Å². The highest BCUT2D eigenvalue weighted by molar-refractivity contribution is 5.93. The topological polar surface area (TPSA) is 87.2 Å². The predicted molar refractivity (Wildman–Crippen MR) is 93.4 cm³/mol. The molecule has 2 aromatic heterocycles. The van der Waals surface area contributed by atoms with Gasteiger partial charge in [0.15, 0.2) is 5.69 Å². The Labute approximate surface area is 147 Å². The maximum atomic E-state index is 12.9. The van der Waals surface area contributed by atoms with Crippen LogP contribution in [0.4, 0.5) is 5.95 Å². The van der Waals surface area contributed by atoms with Crippen molar-refractivity contribution in [3.05, 3.63) is 34.9 Å². The summed E-state index contributed by atoms with van der Waals surface area (Å²) >= 11 is 0. The number of nitrogens with one attached hydrogen (secondary N) is 1. The van der Waals surface area contributed by atoms with Gasteiger partial charge >= 0.3 is 0 Å². The van der Waals surface area contributed by atoms with Crippen LogP contribution in [0.3, 0.4) is 0 Å². The molecule has 1 amide bonds. The van der Waals surface area contributed by atoms with Gasteiger partial charge in [0.25, 0.3) is 5.91 Å².